The van der Waals surface area contributed by atoms with E-state index in [9.17, 15) is 8.28 Å². The fraction of sp³-hybridized carbons (Fsp3) is 1.00. The molecule has 0 spiro atoms. The van der Waals surface area contributed by atoms with Gasteiger partial charge >= 0.3 is 15.2 Å². The van der Waals surface area contributed by atoms with E-state index >= 15 is 0 Å². The molecule has 0 aromatic carbocycles. The minimum absolute atomic E-state index is 2.92. The van der Waals surface area contributed by atoms with Gasteiger partial charge in [-0.05, 0) is 0 Å². The Balaban J connectivity index is 4.10. The summed E-state index contributed by atoms with van der Waals surface area (Å²) in [7, 11) is -5.14. The Morgan fingerprint density at radius 2 is 1.71 bits per heavy atom. The average molecular weight is 151 g/mol. The molecule has 44 valence electrons. The molecule has 0 amide bonds. The van der Waals surface area contributed by atoms with E-state index in [-0.39, 0.29) is 0 Å². The average Bonchev–Trinajstić information content (AvgIpc) is 1.31. The maximum absolute atomic E-state index is 11.0. The molecule has 1 unspecified atom stereocenters. The zero-order chi connectivity index (χ0) is 6.08. The number of halogens is 3. The van der Waals surface area contributed by atoms with Crippen molar-refractivity contribution >= 4 is 21.8 Å². The smallest absolute Gasteiger partial charge is 0.209 e. The van der Waals surface area contributed by atoms with Crippen LogP contribution in [0.3, 0.4) is 0 Å². The summed E-state index contributed by atoms with van der Waals surface area (Å²) < 4.78 is 40.3. The predicted octanol–water partition coefficient (Wildman–Crippen LogP) is 0.778. The van der Waals surface area contributed by atoms with Gasteiger partial charge < -0.3 is 0 Å². The van der Waals surface area contributed by atoms with Crippen LogP contribution in [0.15, 0.2) is 0 Å². The molecule has 0 aliphatic rings. The van der Waals surface area contributed by atoms with Gasteiger partial charge in [0.15, 0.2) is 0 Å². The molecule has 0 bridgehead atoms. The summed E-state index contributed by atoms with van der Waals surface area (Å²) in [6, 6.07) is 0. The molecular weight excluding hydrogens is 150 g/mol. The Morgan fingerprint density at radius 3 is 1.71 bits per heavy atom. The second-order valence-electron chi connectivity index (χ2n) is 0.736. The van der Waals surface area contributed by atoms with Gasteiger partial charge in [0.2, 0.25) is 0 Å². The van der Waals surface area contributed by atoms with Gasteiger partial charge in [-0.2, -0.15) is 8.42 Å². The summed E-state index contributed by atoms with van der Waals surface area (Å²) in [6.07, 6.45) is 0. The number of rotatable bonds is 1. The summed E-state index contributed by atoms with van der Waals surface area (Å²) in [6.45, 7) is 0. The van der Waals surface area contributed by atoms with Crippen LogP contribution in [-0.2, 0) is 10.2 Å². The number of alkyl halides is 2. The zero-order valence-corrected chi connectivity index (χ0v) is 4.51. The lowest BCUT2D eigenvalue weighted by Gasteiger charge is -1.85. The van der Waals surface area contributed by atoms with Gasteiger partial charge in [-0.15, -0.1) is 3.89 Å². The molecule has 0 aliphatic carbocycles. The normalized spacial score (nSPS) is 16.4. The molecule has 0 fully saturated rings. The van der Waals surface area contributed by atoms with Crippen LogP contribution in [-0.4, -0.2) is 13.4 Å². The minimum Gasteiger partial charge on any atom is -0.209 e. The molecule has 0 heterocycles. The van der Waals surface area contributed by atoms with Gasteiger partial charge in [0.25, 0.3) is 0 Å². The number of hydrogen-bond donors (Lipinski definition) is 0. The van der Waals surface area contributed by atoms with Crippen molar-refractivity contribution in [1.82, 2.24) is 0 Å². The lowest BCUT2D eigenvalue weighted by Crippen LogP contribution is -2.00. The molecule has 0 saturated heterocycles. The van der Waals surface area contributed by atoms with E-state index in [1.165, 1.54) is 0 Å². The molecule has 0 rings (SSSR count). The molecule has 0 N–H and O–H groups in total. The van der Waals surface area contributed by atoms with Crippen LogP contribution in [0.2, 0.25) is 0 Å². The summed E-state index contributed by atoms with van der Waals surface area (Å²) in [5.41, 5.74) is 0. The Bertz CT molecular complexity index is 138. The fourth-order valence-electron chi connectivity index (χ4n) is 0. The van der Waals surface area contributed by atoms with E-state index in [0.29, 0.717) is 0 Å². The van der Waals surface area contributed by atoms with Crippen molar-refractivity contribution in [3.05, 3.63) is 0 Å². The van der Waals surface area contributed by atoms with Crippen LogP contribution in [0.5, 0.6) is 0 Å². The molecule has 0 saturated carbocycles. The Kier molecular flexibility index (Phi) is 1.94. The highest BCUT2D eigenvalue weighted by atomic mass is 35.5. The molecule has 0 aromatic heterocycles. The van der Waals surface area contributed by atoms with Crippen molar-refractivity contribution < 1.29 is 16.7 Å². The van der Waals surface area contributed by atoms with Gasteiger partial charge in [-0.1, -0.05) is 11.6 Å². The number of hydrogen-bond acceptors (Lipinski definition) is 2. The van der Waals surface area contributed by atoms with Gasteiger partial charge in [0.05, 0.1) is 0 Å². The first kappa shape index (κ1) is 7.10. The molecular formula is CHClF2O2S. The third-order valence-corrected chi connectivity index (χ3v) is 1.28. The zero-order valence-electron chi connectivity index (χ0n) is 2.94. The first-order valence-electron chi connectivity index (χ1n) is 1.16. The molecule has 2 nitrogen and oxygen atoms in total. The highest BCUT2D eigenvalue weighted by Gasteiger charge is 2.19. The van der Waals surface area contributed by atoms with Crippen molar-refractivity contribution in [3.8, 4) is 0 Å². The van der Waals surface area contributed by atoms with Crippen molar-refractivity contribution in [1.29, 1.82) is 0 Å². The van der Waals surface area contributed by atoms with Crippen LogP contribution in [0.25, 0.3) is 0 Å². The molecule has 0 radical (unpaired) electrons. The highest BCUT2D eigenvalue weighted by Crippen LogP contribution is 2.08. The van der Waals surface area contributed by atoms with E-state index in [0.717, 1.165) is 0 Å². The summed E-state index contributed by atoms with van der Waals surface area (Å²) in [4.78, 5) is -2.92. The quantitative estimate of drug-likeness (QED) is 0.409. The van der Waals surface area contributed by atoms with Gasteiger partial charge in [-0.3, -0.25) is 0 Å². The maximum Gasteiger partial charge on any atom is 0.349 e. The second kappa shape index (κ2) is 1.92. The SMILES string of the molecule is O=S(=O)(F)C(F)Cl. The van der Waals surface area contributed by atoms with Crippen molar-refractivity contribution in [2.45, 2.75) is 4.96 Å². The third-order valence-electron chi connectivity index (χ3n) is 0.213. The van der Waals surface area contributed by atoms with Crippen LogP contribution >= 0.6 is 11.6 Å². The van der Waals surface area contributed by atoms with Crippen LogP contribution in [0.4, 0.5) is 8.28 Å². The van der Waals surface area contributed by atoms with Gasteiger partial charge in [0, 0.05) is 0 Å². The maximum atomic E-state index is 11.0. The van der Waals surface area contributed by atoms with E-state index in [1.54, 1.807) is 0 Å². The van der Waals surface area contributed by atoms with Gasteiger partial charge in [-0.25, -0.2) is 4.39 Å². The Labute approximate surface area is 44.3 Å². The van der Waals surface area contributed by atoms with Crippen LogP contribution in [0.1, 0.15) is 0 Å². The standard InChI is InChI=1S/CHClF2O2S/c2-1(3)7(4,5)6/h1H. The van der Waals surface area contributed by atoms with Crippen molar-refractivity contribution in [2.24, 2.45) is 0 Å². The third kappa shape index (κ3) is 2.76. The second-order valence-corrected chi connectivity index (χ2v) is 2.74. The minimum atomic E-state index is -5.14. The summed E-state index contributed by atoms with van der Waals surface area (Å²) >= 11 is 4.12. The summed E-state index contributed by atoms with van der Waals surface area (Å²) in [5, 5.41) is 0. The first-order valence-corrected chi connectivity index (χ1v) is 3.04. The fourth-order valence-corrected chi connectivity index (χ4v) is 0. The largest absolute Gasteiger partial charge is 0.349 e. The Hall–Kier alpha value is 0.1000. The van der Waals surface area contributed by atoms with E-state index in [2.05, 4.69) is 11.6 Å². The first-order chi connectivity index (χ1) is 2.94. The Morgan fingerprint density at radius 1 is 1.57 bits per heavy atom. The van der Waals surface area contributed by atoms with Crippen molar-refractivity contribution in [2.75, 3.05) is 0 Å². The van der Waals surface area contributed by atoms with E-state index in [1.807, 2.05) is 0 Å². The lowest BCUT2D eigenvalue weighted by atomic mass is 11.8. The molecule has 0 aromatic rings. The molecule has 7 heavy (non-hydrogen) atoms. The van der Waals surface area contributed by atoms with Crippen molar-refractivity contribution in [3.63, 3.8) is 0 Å². The molecule has 6 heteroatoms. The summed E-state index contributed by atoms with van der Waals surface area (Å²) in [5.74, 6) is 0. The van der Waals surface area contributed by atoms with Crippen LogP contribution < -0.4 is 0 Å². The van der Waals surface area contributed by atoms with E-state index in [4.69, 9.17) is 8.42 Å². The predicted molar refractivity (Wildman–Crippen MR) is 20.8 cm³/mol. The monoisotopic (exact) mass is 150 g/mol. The molecule has 0 aliphatic heterocycles. The van der Waals surface area contributed by atoms with Crippen LogP contribution in [0, 0.1) is 0 Å². The lowest BCUT2D eigenvalue weighted by molar-refractivity contribution is 0.474. The van der Waals surface area contributed by atoms with E-state index < -0.39 is 15.2 Å². The topological polar surface area (TPSA) is 34.1 Å². The molecule has 1 atom stereocenters. The van der Waals surface area contributed by atoms with Gasteiger partial charge in [0.1, 0.15) is 0 Å². The highest BCUT2D eigenvalue weighted by molar-refractivity contribution is 7.88.